The summed E-state index contributed by atoms with van der Waals surface area (Å²) < 4.78 is 11.5. The number of aliphatic hydroxyl groups is 1. The molecule has 0 radical (unpaired) electrons. The van der Waals surface area contributed by atoms with E-state index in [1.807, 2.05) is 0 Å². The second-order valence-corrected chi connectivity index (χ2v) is 7.71. The van der Waals surface area contributed by atoms with Crippen molar-refractivity contribution in [3.8, 4) is 5.75 Å². The van der Waals surface area contributed by atoms with E-state index >= 15 is 0 Å². The van der Waals surface area contributed by atoms with Crippen LogP contribution in [0.4, 0.5) is 0 Å². The molecule has 1 atom stereocenters. The van der Waals surface area contributed by atoms with Gasteiger partial charge >= 0.3 is 0 Å². The number of aliphatic hydroxyl groups excluding tert-OH is 1. The summed E-state index contributed by atoms with van der Waals surface area (Å²) in [5.74, 6) is -0.545. The summed E-state index contributed by atoms with van der Waals surface area (Å²) in [6.45, 7) is 0.0938. The highest BCUT2D eigenvalue weighted by Gasteiger charge is 2.46. The number of halogens is 1. The van der Waals surface area contributed by atoms with E-state index in [4.69, 9.17) is 9.15 Å². The highest BCUT2D eigenvalue weighted by Crippen LogP contribution is 2.41. The number of ketones is 1. The topological polar surface area (TPSA) is 80.0 Å². The molecule has 2 aromatic carbocycles. The third-order valence-corrected chi connectivity index (χ3v) is 5.50. The van der Waals surface area contributed by atoms with Gasteiger partial charge in [0.25, 0.3) is 11.7 Å². The fraction of sp³-hybridized carbons (Fsp3) is 0.130. The Kier molecular flexibility index (Phi) is 5.46. The summed E-state index contributed by atoms with van der Waals surface area (Å²) in [5, 5.41) is 11.0. The number of ether oxygens (including phenoxy) is 1. The van der Waals surface area contributed by atoms with Crippen LogP contribution in [0, 0.1) is 0 Å². The monoisotopic (exact) mass is 467 g/mol. The number of hydrogen-bond donors (Lipinski definition) is 1. The Balaban J connectivity index is 1.87. The average Bonchev–Trinajstić information content (AvgIpc) is 3.36. The number of methoxy groups -OCH3 is 1. The van der Waals surface area contributed by atoms with Crippen LogP contribution in [0.2, 0.25) is 0 Å². The van der Waals surface area contributed by atoms with Gasteiger partial charge in [-0.25, -0.2) is 0 Å². The molecule has 6 nitrogen and oxygen atoms in total. The number of furan rings is 1. The second-order valence-electron chi connectivity index (χ2n) is 6.79. The highest BCUT2D eigenvalue weighted by atomic mass is 79.9. The van der Waals surface area contributed by atoms with Gasteiger partial charge in [-0.2, -0.15) is 0 Å². The minimum atomic E-state index is -0.783. The number of Topliss-reactive ketones (excluding diaryl/α,β-unsaturated/α-hetero) is 1. The van der Waals surface area contributed by atoms with Crippen molar-refractivity contribution in [2.24, 2.45) is 0 Å². The fourth-order valence-corrected chi connectivity index (χ4v) is 3.80. The third-order valence-electron chi connectivity index (χ3n) is 4.97. The number of carbonyl (C=O) groups is 2. The number of carbonyl (C=O) groups excluding carboxylic acids is 2. The van der Waals surface area contributed by atoms with E-state index in [2.05, 4.69) is 15.9 Å². The summed E-state index contributed by atoms with van der Waals surface area (Å²) >= 11 is 3.36. The van der Waals surface area contributed by atoms with Gasteiger partial charge in [0.2, 0.25) is 0 Å². The summed E-state index contributed by atoms with van der Waals surface area (Å²) in [4.78, 5) is 27.3. The van der Waals surface area contributed by atoms with Crippen molar-refractivity contribution in [2.75, 3.05) is 7.11 Å². The SMILES string of the molecule is COc1cccc(C2/C(=C(/O)c3ccc(Br)cc3)C(=O)C(=O)N2Cc2ccco2)c1. The zero-order chi connectivity index (χ0) is 21.3. The Morgan fingerprint density at radius 1 is 1.13 bits per heavy atom. The number of hydrogen-bond acceptors (Lipinski definition) is 5. The number of amides is 1. The first-order valence-corrected chi connectivity index (χ1v) is 9.99. The van der Waals surface area contributed by atoms with E-state index in [1.165, 1.54) is 11.2 Å². The van der Waals surface area contributed by atoms with E-state index in [0.717, 1.165) is 4.47 Å². The van der Waals surface area contributed by atoms with Crippen molar-refractivity contribution in [3.05, 3.63) is 93.9 Å². The van der Waals surface area contributed by atoms with Crippen LogP contribution in [-0.4, -0.2) is 28.8 Å². The van der Waals surface area contributed by atoms with Crippen LogP contribution in [-0.2, 0) is 16.1 Å². The maximum absolute atomic E-state index is 13.0. The average molecular weight is 468 g/mol. The molecule has 2 heterocycles. The summed E-state index contributed by atoms with van der Waals surface area (Å²) in [6.07, 6.45) is 1.51. The van der Waals surface area contributed by atoms with Gasteiger partial charge in [-0.15, -0.1) is 0 Å². The van der Waals surface area contributed by atoms with Gasteiger partial charge in [0.15, 0.2) is 0 Å². The predicted molar refractivity (Wildman–Crippen MR) is 114 cm³/mol. The lowest BCUT2D eigenvalue weighted by atomic mass is 9.95. The largest absolute Gasteiger partial charge is 0.507 e. The second kappa shape index (κ2) is 8.20. The van der Waals surface area contributed by atoms with Crippen LogP contribution >= 0.6 is 15.9 Å². The number of nitrogens with zero attached hydrogens (tertiary/aromatic N) is 1. The molecule has 0 spiro atoms. The Bertz CT molecular complexity index is 1120. The molecule has 1 unspecified atom stereocenters. The fourth-order valence-electron chi connectivity index (χ4n) is 3.53. The van der Waals surface area contributed by atoms with Crippen molar-refractivity contribution in [2.45, 2.75) is 12.6 Å². The lowest BCUT2D eigenvalue weighted by Crippen LogP contribution is -2.29. The first-order chi connectivity index (χ1) is 14.5. The Morgan fingerprint density at radius 3 is 2.57 bits per heavy atom. The van der Waals surface area contributed by atoms with Crippen LogP contribution in [0.5, 0.6) is 5.75 Å². The Morgan fingerprint density at radius 2 is 1.90 bits per heavy atom. The molecule has 1 saturated heterocycles. The van der Waals surface area contributed by atoms with Crippen molar-refractivity contribution in [3.63, 3.8) is 0 Å². The zero-order valence-electron chi connectivity index (χ0n) is 16.0. The van der Waals surface area contributed by atoms with E-state index in [-0.39, 0.29) is 17.9 Å². The molecule has 30 heavy (non-hydrogen) atoms. The molecular formula is C23H18BrNO5. The van der Waals surface area contributed by atoms with Gasteiger partial charge in [-0.1, -0.05) is 40.2 Å². The van der Waals surface area contributed by atoms with Gasteiger partial charge in [-0.05, 0) is 42.0 Å². The summed E-state index contributed by atoms with van der Waals surface area (Å²) in [5.41, 5.74) is 1.13. The molecule has 1 aliphatic rings. The van der Waals surface area contributed by atoms with Crippen molar-refractivity contribution < 1.29 is 23.8 Å². The van der Waals surface area contributed by atoms with Crippen LogP contribution < -0.4 is 4.74 Å². The van der Waals surface area contributed by atoms with E-state index in [1.54, 1.807) is 67.8 Å². The molecule has 1 aliphatic heterocycles. The lowest BCUT2D eigenvalue weighted by molar-refractivity contribution is -0.140. The molecule has 1 fully saturated rings. The van der Waals surface area contributed by atoms with Crippen LogP contribution in [0.25, 0.3) is 5.76 Å². The molecule has 3 aromatic rings. The van der Waals surface area contributed by atoms with Crippen molar-refractivity contribution in [1.82, 2.24) is 4.90 Å². The first-order valence-electron chi connectivity index (χ1n) is 9.20. The molecule has 4 rings (SSSR count). The van der Waals surface area contributed by atoms with Crippen LogP contribution in [0.1, 0.15) is 22.9 Å². The molecule has 1 N–H and O–H groups in total. The molecule has 0 saturated carbocycles. The van der Waals surface area contributed by atoms with Gasteiger partial charge in [0.1, 0.15) is 17.3 Å². The smallest absolute Gasteiger partial charge is 0.296 e. The molecule has 1 amide bonds. The van der Waals surface area contributed by atoms with Gasteiger partial charge in [0, 0.05) is 10.0 Å². The number of rotatable bonds is 5. The van der Waals surface area contributed by atoms with Crippen molar-refractivity contribution >= 4 is 33.4 Å². The maximum Gasteiger partial charge on any atom is 0.296 e. The zero-order valence-corrected chi connectivity index (χ0v) is 17.6. The Hall–Kier alpha value is -3.32. The van der Waals surface area contributed by atoms with E-state index in [9.17, 15) is 14.7 Å². The number of benzene rings is 2. The molecule has 152 valence electrons. The minimum absolute atomic E-state index is 0.0298. The standard InChI is InChI=1S/C23H18BrNO5/c1-29-17-5-2-4-15(12-17)20-19(21(26)14-7-9-16(24)10-8-14)22(27)23(28)25(20)13-18-6-3-11-30-18/h2-12,20,26H,13H2,1H3/b21-19-. The van der Waals surface area contributed by atoms with Crippen LogP contribution in [0.3, 0.4) is 0 Å². The maximum atomic E-state index is 13.0. The number of likely N-dealkylation sites (tertiary alicyclic amines) is 1. The molecule has 1 aromatic heterocycles. The van der Waals surface area contributed by atoms with Gasteiger partial charge in [-0.3, -0.25) is 9.59 Å². The summed E-state index contributed by atoms with van der Waals surface area (Å²) in [7, 11) is 1.54. The quantitative estimate of drug-likeness (QED) is 0.335. The molecule has 0 aliphatic carbocycles. The van der Waals surface area contributed by atoms with Crippen molar-refractivity contribution in [1.29, 1.82) is 0 Å². The molecule has 0 bridgehead atoms. The first kappa shape index (κ1) is 20.0. The molecular weight excluding hydrogens is 450 g/mol. The van der Waals surface area contributed by atoms with E-state index < -0.39 is 17.7 Å². The van der Waals surface area contributed by atoms with Gasteiger partial charge < -0.3 is 19.2 Å². The lowest BCUT2D eigenvalue weighted by Gasteiger charge is -2.24. The normalized spacial score (nSPS) is 18.1. The molecule has 7 heteroatoms. The summed E-state index contributed by atoms with van der Waals surface area (Å²) in [6, 6.07) is 16.6. The third kappa shape index (κ3) is 3.64. The van der Waals surface area contributed by atoms with Gasteiger partial charge in [0.05, 0.1) is 31.5 Å². The Labute approximate surface area is 181 Å². The van der Waals surface area contributed by atoms with Crippen LogP contribution in [0.15, 0.2) is 81.4 Å². The predicted octanol–water partition coefficient (Wildman–Crippen LogP) is 4.67. The minimum Gasteiger partial charge on any atom is -0.507 e. The van der Waals surface area contributed by atoms with E-state index in [0.29, 0.717) is 22.6 Å². The highest BCUT2D eigenvalue weighted by molar-refractivity contribution is 9.10.